The summed E-state index contributed by atoms with van der Waals surface area (Å²) in [6, 6.07) is 7.60. The number of nitrogens with two attached hydrogens (primary N) is 1. The molecule has 176 valence electrons. The standard InChI is InChI=1S/C23H32NO6PS/c1-15(12-22(2,3)4)29-30-31(28-14-27-21(26)23(5,6)7)13-16-8-9-18-17(10-16)11-19(32-18)20(24)25/h8-12H,13-14H2,1-7H3,(H2,24,25)/b15-12-. The number of amides is 1. The summed E-state index contributed by atoms with van der Waals surface area (Å²) >= 11 is 1.35. The number of allylic oxidation sites excluding steroid dienone is 2. The Morgan fingerprint density at radius 1 is 1.12 bits per heavy atom. The van der Waals surface area contributed by atoms with E-state index < -0.39 is 19.7 Å². The zero-order valence-electron chi connectivity index (χ0n) is 19.7. The third-order valence-corrected chi connectivity index (χ3v) is 6.41. The Bertz CT molecular complexity index is 987. The molecule has 0 saturated heterocycles. The van der Waals surface area contributed by atoms with Crippen LogP contribution in [0.5, 0.6) is 0 Å². The van der Waals surface area contributed by atoms with Crippen LogP contribution < -0.4 is 5.73 Å². The molecule has 2 aromatic rings. The lowest BCUT2D eigenvalue weighted by Crippen LogP contribution is -2.23. The number of hydrogen-bond acceptors (Lipinski definition) is 7. The minimum atomic E-state index is -1.57. The quantitative estimate of drug-likeness (QED) is 0.113. The van der Waals surface area contributed by atoms with Gasteiger partial charge in [0, 0.05) is 10.9 Å². The smallest absolute Gasteiger partial charge is 0.313 e. The van der Waals surface area contributed by atoms with Crippen LogP contribution in [0.3, 0.4) is 0 Å². The van der Waals surface area contributed by atoms with E-state index in [2.05, 4.69) is 20.8 Å². The number of carbonyl (C=O) groups is 2. The van der Waals surface area contributed by atoms with Gasteiger partial charge < -0.3 is 15.4 Å². The van der Waals surface area contributed by atoms with Crippen molar-refractivity contribution in [1.29, 1.82) is 0 Å². The highest BCUT2D eigenvalue weighted by molar-refractivity contribution is 7.46. The van der Waals surface area contributed by atoms with Gasteiger partial charge in [-0.3, -0.25) is 14.1 Å². The maximum atomic E-state index is 12.0. The van der Waals surface area contributed by atoms with E-state index in [4.69, 9.17) is 24.6 Å². The molecule has 32 heavy (non-hydrogen) atoms. The van der Waals surface area contributed by atoms with Crippen LogP contribution in [0.25, 0.3) is 10.1 Å². The monoisotopic (exact) mass is 481 g/mol. The highest BCUT2D eigenvalue weighted by Gasteiger charge is 2.24. The summed E-state index contributed by atoms with van der Waals surface area (Å²) in [6.45, 7) is 13.1. The molecule has 1 aromatic heterocycles. The molecule has 1 aromatic carbocycles. The molecule has 1 unspecified atom stereocenters. The molecular formula is C23H32NO6PS. The molecule has 0 saturated carbocycles. The molecule has 0 bridgehead atoms. The molecule has 1 amide bonds. The molecule has 0 radical (unpaired) electrons. The summed E-state index contributed by atoms with van der Waals surface area (Å²) < 4.78 is 17.5. The zero-order chi connectivity index (χ0) is 24.1. The van der Waals surface area contributed by atoms with Crippen molar-refractivity contribution in [3.05, 3.63) is 46.5 Å². The highest BCUT2D eigenvalue weighted by Crippen LogP contribution is 2.44. The van der Waals surface area contributed by atoms with Crippen molar-refractivity contribution in [2.24, 2.45) is 16.6 Å². The summed E-state index contributed by atoms with van der Waals surface area (Å²) in [7, 11) is -1.57. The van der Waals surface area contributed by atoms with Gasteiger partial charge in [-0.15, -0.1) is 16.0 Å². The van der Waals surface area contributed by atoms with Crippen LogP contribution in [0.2, 0.25) is 0 Å². The van der Waals surface area contributed by atoms with Crippen LogP contribution in [-0.4, -0.2) is 18.7 Å². The average molecular weight is 482 g/mol. The number of primary amides is 1. The second-order valence-electron chi connectivity index (χ2n) is 9.55. The van der Waals surface area contributed by atoms with Gasteiger partial charge in [-0.1, -0.05) is 26.8 Å². The van der Waals surface area contributed by atoms with E-state index in [1.54, 1.807) is 33.8 Å². The predicted molar refractivity (Wildman–Crippen MR) is 128 cm³/mol. The molecule has 7 nitrogen and oxygen atoms in total. The van der Waals surface area contributed by atoms with Crippen LogP contribution in [-0.2, 0) is 29.8 Å². The summed E-state index contributed by atoms with van der Waals surface area (Å²) in [5, 5.41) is 0.917. The fourth-order valence-corrected chi connectivity index (χ4v) is 4.59. The van der Waals surface area contributed by atoms with Crippen molar-refractivity contribution >= 4 is 41.7 Å². The first-order chi connectivity index (χ1) is 14.7. The van der Waals surface area contributed by atoms with Crippen LogP contribution in [0, 0.1) is 10.8 Å². The molecule has 2 N–H and O–H groups in total. The highest BCUT2D eigenvalue weighted by atomic mass is 32.1. The van der Waals surface area contributed by atoms with Gasteiger partial charge in [0.1, 0.15) is 5.76 Å². The largest absolute Gasteiger partial charge is 0.438 e. The van der Waals surface area contributed by atoms with Gasteiger partial charge in [0.2, 0.25) is 8.38 Å². The first-order valence-corrected chi connectivity index (χ1v) is 12.4. The number of carbonyl (C=O) groups excluding carboxylic acids is 2. The van der Waals surface area contributed by atoms with Crippen LogP contribution in [0.15, 0.2) is 36.1 Å². The van der Waals surface area contributed by atoms with Crippen LogP contribution in [0.1, 0.15) is 63.7 Å². The van der Waals surface area contributed by atoms with E-state index in [-0.39, 0.29) is 18.2 Å². The summed E-state index contributed by atoms with van der Waals surface area (Å²) in [6.07, 6.45) is 2.35. The van der Waals surface area contributed by atoms with Gasteiger partial charge in [0.25, 0.3) is 5.91 Å². The third kappa shape index (κ3) is 8.51. The Balaban J connectivity index is 2.11. The summed E-state index contributed by atoms with van der Waals surface area (Å²) in [5.74, 6) is -0.202. The molecule has 1 atom stereocenters. The van der Waals surface area contributed by atoms with E-state index in [1.807, 2.05) is 24.3 Å². The van der Waals surface area contributed by atoms with E-state index in [1.165, 1.54) is 11.3 Å². The maximum absolute atomic E-state index is 12.0. The van der Waals surface area contributed by atoms with Crippen molar-refractivity contribution in [3.8, 4) is 0 Å². The van der Waals surface area contributed by atoms with Gasteiger partial charge in [-0.25, -0.2) is 0 Å². The van der Waals surface area contributed by atoms with E-state index in [0.29, 0.717) is 16.8 Å². The minimum absolute atomic E-state index is 0.0680. The lowest BCUT2D eigenvalue weighted by Gasteiger charge is -2.20. The van der Waals surface area contributed by atoms with Gasteiger partial charge >= 0.3 is 5.97 Å². The number of thiophene rings is 1. The Hall–Kier alpha value is -1.99. The first kappa shape index (κ1) is 26.3. The van der Waals surface area contributed by atoms with Gasteiger partial charge in [-0.05, 0) is 68.3 Å². The number of ether oxygens (including phenoxy) is 1. The zero-order valence-corrected chi connectivity index (χ0v) is 21.4. The SMILES string of the molecule is C/C(=C/C(C)(C)C)OOP(Cc1ccc2sc(C(N)=O)cc2c1)OCOC(=O)C(C)(C)C. The minimum Gasteiger partial charge on any atom is -0.438 e. The second-order valence-corrected chi connectivity index (χ2v) is 12.0. The molecule has 0 aliphatic heterocycles. The van der Waals surface area contributed by atoms with E-state index >= 15 is 0 Å². The Labute approximate surface area is 194 Å². The molecule has 9 heteroatoms. The van der Waals surface area contributed by atoms with Gasteiger partial charge in [0.15, 0.2) is 6.79 Å². The van der Waals surface area contributed by atoms with Crippen LogP contribution in [0.4, 0.5) is 0 Å². The Kier molecular flexibility index (Phi) is 8.82. The fraction of sp³-hybridized carbons (Fsp3) is 0.478. The predicted octanol–water partition coefficient (Wildman–Crippen LogP) is 6.27. The topological polar surface area (TPSA) is 97.1 Å². The first-order valence-electron chi connectivity index (χ1n) is 10.2. The van der Waals surface area contributed by atoms with Crippen molar-refractivity contribution in [3.63, 3.8) is 0 Å². The number of rotatable bonds is 9. The van der Waals surface area contributed by atoms with Crippen molar-refractivity contribution in [2.75, 3.05) is 6.79 Å². The normalized spacial score (nSPS) is 13.8. The maximum Gasteiger partial charge on any atom is 0.313 e. The number of benzene rings is 1. The lowest BCUT2D eigenvalue weighted by atomic mass is 9.96. The third-order valence-electron chi connectivity index (χ3n) is 4.02. The molecule has 2 rings (SSSR count). The van der Waals surface area contributed by atoms with Crippen molar-refractivity contribution < 1.29 is 28.4 Å². The van der Waals surface area contributed by atoms with Crippen molar-refractivity contribution in [2.45, 2.75) is 54.6 Å². The van der Waals surface area contributed by atoms with E-state index in [0.717, 1.165) is 15.6 Å². The summed E-state index contributed by atoms with van der Waals surface area (Å²) in [4.78, 5) is 29.4. The second kappa shape index (κ2) is 10.8. The van der Waals surface area contributed by atoms with Crippen molar-refractivity contribution in [1.82, 2.24) is 0 Å². The molecule has 0 spiro atoms. The molecular weight excluding hydrogens is 449 g/mol. The Morgan fingerprint density at radius 3 is 2.41 bits per heavy atom. The molecule has 0 aliphatic carbocycles. The molecule has 0 aliphatic rings. The average Bonchev–Trinajstić information content (AvgIpc) is 3.07. The number of hydrogen-bond donors (Lipinski definition) is 1. The van der Waals surface area contributed by atoms with E-state index in [9.17, 15) is 9.59 Å². The Morgan fingerprint density at radius 2 is 1.81 bits per heavy atom. The summed E-state index contributed by atoms with van der Waals surface area (Å²) in [5.41, 5.74) is 5.62. The van der Waals surface area contributed by atoms with Gasteiger partial charge in [0.05, 0.1) is 10.3 Å². The lowest BCUT2D eigenvalue weighted by molar-refractivity contribution is -0.176. The number of fused-ring (bicyclic) bond motifs is 1. The van der Waals surface area contributed by atoms with Crippen LogP contribution >= 0.6 is 19.7 Å². The fourth-order valence-electron chi connectivity index (χ4n) is 2.64. The molecule has 0 fully saturated rings. The molecule has 1 heterocycles. The number of esters is 1. The van der Waals surface area contributed by atoms with Gasteiger partial charge in [-0.2, -0.15) is 0 Å².